The van der Waals surface area contributed by atoms with Gasteiger partial charge in [-0.15, -0.1) is 0 Å². The largest absolute Gasteiger partial charge is 0.476 e. The minimum atomic E-state index is -3.00. The lowest BCUT2D eigenvalue weighted by Gasteiger charge is -2.10. The maximum atomic E-state index is 12.9. The number of methoxy groups -OCH3 is 1. The van der Waals surface area contributed by atoms with Crippen molar-refractivity contribution in [1.29, 1.82) is 0 Å². The van der Waals surface area contributed by atoms with Crippen molar-refractivity contribution in [2.45, 2.75) is 19.8 Å². The molecular formula is C11H12F2N2O5. The predicted molar refractivity (Wildman–Crippen MR) is 62.7 cm³/mol. The maximum Gasteiger partial charge on any atom is 0.335 e. The molecule has 1 rings (SSSR count). The van der Waals surface area contributed by atoms with Crippen molar-refractivity contribution in [2.24, 2.45) is 0 Å². The summed E-state index contributed by atoms with van der Waals surface area (Å²) < 4.78 is 35.1. The number of carbonyl (C=O) groups is 1. The molecule has 0 saturated carbocycles. The molecule has 20 heavy (non-hydrogen) atoms. The van der Waals surface area contributed by atoms with E-state index in [9.17, 15) is 23.7 Å². The van der Waals surface area contributed by atoms with Crippen molar-refractivity contribution in [3.05, 3.63) is 27.4 Å². The highest BCUT2D eigenvalue weighted by atomic mass is 19.3. The molecule has 0 spiro atoms. The van der Waals surface area contributed by atoms with Gasteiger partial charge in [-0.05, 0) is 6.92 Å². The van der Waals surface area contributed by atoms with Crippen LogP contribution < -0.4 is 4.74 Å². The first-order valence-corrected chi connectivity index (χ1v) is 5.56. The fourth-order valence-corrected chi connectivity index (χ4v) is 1.60. The minimum Gasteiger partial charge on any atom is -0.476 e. The lowest BCUT2D eigenvalue weighted by molar-refractivity contribution is -0.386. The summed E-state index contributed by atoms with van der Waals surface area (Å²) in [5, 5.41) is 11.0. The van der Waals surface area contributed by atoms with Crippen LogP contribution in [0, 0.1) is 10.1 Å². The molecule has 1 heterocycles. The monoisotopic (exact) mass is 290 g/mol. The number of alkyl halides is 2. The molecule has 9 heteroatoms. The van der Waals surface area contributed by atoms with Gasteiger partial charge in [0, 0.05) is 11.8 Å². The van der Waals surface area contributed by atoms with E-state index in [-0.39, 0.29) is 6.61 Å². The maximum absolute atomic E-state index is 12.9. The third-order valence-electron chi connectivity index (χ3n) is 2.40. The number of esters is 1. The van der Waals surface area contributed by atoms with Crippen LogP contribution in [0.15, 0.2) is 6.20 Å². The summed E-state index contributed by atoms with van der Waals surface area (Å²) in [6.07, 6.45) is -2.90. The number of ether oxygens (including phenoxy) is 2. The van der Waals surface area contributed by atoms with E-state index in [1.807, 2.05) is 0 Å². The van der Waals surface area contributed by atoms with Gasteiger partial charge in [0.1, 0.15) is 0 Å². The number of carbonyl (C=O) groups excluding carboxylic acids is 1. The summed E-state index contributed by atoms with van der Waals surface area (Å²) in [5.41, 5.74) is -1.89. The summed E-state index contributed by atoms with van der Waals surface area (Å²) in [4.78, 5) is 25.0. The van der Waals surface area contributed by atoms with E-state index in [0.717, 1.165) is 13.3 Å². The normalized spacial score (nSPS) is 10.4. The predicted octanol–water partition coefficient (Wildman–Crippen LogP) is 2.04. The minimum absolute atomic E-state index is 0.0405. The lowest BCUT2D eigenvalue weighted by atomic mass is 10.1. The molecule has 0 unspecified atom stereocenters. The van der Waals surface area contributed by atoms with Crippen molar-refractivity contribution in [3.63, 3.8) is 0 Å². The standard InChI is InChI=1S/C11H12F2N2O5/c1-3-20-8(16)4-6-7(10(12)13)5-14-11(19-2)9(6)15(17)18/h5,10H,3-4H2,1-2H3. The molecule has 0 bridgehead atoms. The Balaban J connectivity index is 3.40. The van der Waals surface area contributed by atoms with Gasteiger partial charge in [0.2, 0.25) is 0 Å². The van der Waals surface area contributed by atoms with Crippen molar-refractivity contribution in [3.8, 4) is 5.88 Å². The summed E-state index contributed by atoms with van der Waals surface area (Å²) in [6.45, 7) is 1.58. The van der Waals surface area contributed by atoms with Crippen LogP contribution in [0.1, 0.15) is 24.5 Å². The molecule has 0 aromatic carbocycles. The van der Waals surface area contributed by atoms with Crippen molar-refractivity contribution >= 4 is 11.7 Å². The zero-order valence-electron chi connectivity index (χ0n) is 10.8. The van der Waals surface area contributed by atoms with Gasteiger partial charge in [-0.25, -0.2) is 13.8 Å². The molecule has 0 amide bonds. The molecule has 0 fully saturated rings. The Morgan fingerprint density at radius 3 is 2.65 bits per heavy atom. The van der Waals surface area contributed by atoms with E-state index in [0.29, 0.717) is 0 Å². The fraction of sp³-hybridized carbons (Fsp3) is 0.455. The summed E-state index contributed by atoms with van der Waals surface area (Å²) in [6, 6.07) is 0. The first-order chi connectivity index (χ1) is 9.42. The molecular weight excluding hydrogens is 278 g/mol. The van der Waals surface area contributed by atoms with Crippen LogP contribution >= 0.6 is 0 Å². The third kappa shape index (κ3) is 3.37. The van der Waals surface area contributed by atoms with E-state index in [4.69, 9.17) is 0 Å². The number of hydrogen-bond acceptors (Lipinski definition) is 6. The van der Waals surface area contributed by atoms with Gasteiger partial charge < -0.3 is 9.47 Å². The number of pyridine rings is 1. The fourth-order valence-electron chi connectivity index (χ4n) is 1.60. The SMILES string of the molecule is CCOC(=O)Cc1c(C(F)F)cnc(OC)c1[N+](=O)[O-]. The van der Waals surface area contributed by atoms with Crippen LogP contribution in [-0.2, 0) is 16.0 Å². The zero-order chi connectivity index (χ0) is 15.3. The van der Waals surface area contributed by atoms with Crippen LogP contribution in [0.25, 0.3) is 0 Å². The first kappa shape index (κ1) is 15.7. The molecule has 7 nitrogen and oxygen atoms in total. The quantitative estimate of drug-likeness (QED) is 0.452. The van der Waals surface area contributed by atoms with E-state index in [1.54, 1.807) is 0 Å². The van der Waals surface area contributed by atoms with E-state index in [1.165, 1.54) is 6.92 Å². The molecule has 0 aliphatic heterocycles. The molecule has 1 aromatic heterocycles. The molecule has 0 saturated heterocycles. The summed E-state index contributed by atoms with van der Waals surface area (Å²) in [5.74, 6) is -1.27. The molecule has 0 N–H and O–H groups in total. The van der Waals surface area contributed by atoms with Crippen LogP contribution in [-0.4, -0.2) is 29.6 Å². The average molecular weight is 290 g/mol. The van der Waals surface area contributed by atoms with Crippen LogP contribution in [0.4, 0.5) is 14.5 Å². The average Bonchev–Trinajstić information content (AvgIpc) is 2.37. The van der Waals surface area contributed by atoms with Gasteiger partial charge in [0.25, 0.3) is 12.3 Å². The Morgan fingerprint density at radius 1 is 1.55 bits per heavy atom. The van der Waals surface area contributed by atoms with Gasteiger partial charge in [-0.2, -0.15) is 0 Å². The van der Waals surface area contributed by atoms with Crippen molar-refractivity contribution in [1.82, 2.24) is 4.98 Å². The molecule has 0 radical (unpaired) electrons. The smallest absolute Gasteiger partial charge is 0.335 e. The third-order valence-corrected chi connectivity index (χ3v) is 2.40. The highest BCUT2D eigenvalue weighted by Gasteiger charge is 2.30. The second-order valence-electron chi connectivity index (χ2n) is 3.59. The molecule has 1 aromatic rings. The Hall–Kier alpha value is -2.32. The van der Waals surface area contributed by atoms with E-state index >= 15 is 0 Å². The molecule has 0 aliphatic carbocycles. The van der Waals surface area contributed by atoms with Gasteiger partial charge in [0.05, 0.1) is 30.6 Å². The lowest BCUT2D eigenvalue weighted by Crippen LogP contribution is -2.13. The van der Waals surface area contributed by atoms with Crippen LogP contribution in [0.5, 0.6) is 5.88 Å². The number of aromatic nitrogens is 1. The summed E-state index contributed by atoms with van der Waals surface area (Å²) in [7, 11) is 1.12. The number of nitro groups is 1. The molecule has 110 valence electrons. The van der Waals surface area contributed by atoms with Gasteiger partial charge >= 0.3 is 11.7 Å². The van der Waals surface area contributed by atoms with E-state index in [2.05, 4.69) is 14.5 Å². The second kappa shape index (κ2) is 6.73. The number of hydrogen-bond donors (Lipinski definition) is 0. The Kier molecular flexibility index (Phi) is 5.30. The van der Waals surface area contributed by atoms with Crippen molar-refractivity contribution < 1.29 is 28.0 Å². The van der Waals surface area contributed by atoms with Crippen LogP contribution in [0.3, 0.4) is 0 Å². The Bertz CT molecular complexity index is 522. The van der Waals surface area contributed by atoms with Crippen LogP contribution in [0.2, 0.25) is 0 Å². The topological polar surface area (TPSA) is 91.6 Å². The van der Waals surface area contributed by atoms with Gasteiger partial charge in [-0.3, -0.25) is 14.9 Å². The summed E-state index contributed by atoms with van der Waals surface area (Å²) >= 11 is 0. The highest BCUT2D eigenvalue weighted by Crippen LogP contribution is 2.35. The van der Waals surface area contributed by atoms with E-state index < -0.39 is 46.4 Å². The number of nitrogens with zero attached hydrogens (tertiary/aromatic N) is 2. The zero-order valence-corrected chi connectivity index (χ0v) is 10.8. The van der Waals surface area contributed by atoms with Gasteiger partial charge in [0.15, 0.2) is 0 Å². The second-order valence-corrected chi connectivity index (χ2v) is 3.59. The number of rotatable bonds is 6. The Morgan fingerprint density at radius 2 is 2.20 bits per heavy atom. The Labute approximate surface area is 112 Å². The van der Waals surface area contributed by atoms with Gasteiger partial charge in [-0.1, -0.05) is 0 Å². The first-order valence-electron chi connectivity index (χ1n) is 5.56. The molecule has 0 atom stereocenters. The number of halogens is 2. The van der Waals surface area contributed by atoms with Crippen molar-refractivity contribution in [2.75, 3.05) is 13.7 Å². The molecule has 0 aliphatic rings. The highest BCUT2D eigenvalue weighted by molar-refractivity contribution is 5.75.